The van der Waals surface area contributed by atoms with Crippen LogP contribution in [0.25, 0.3) is 0 Å². The van der Waals surface area contributed by atoms with E-state index in [-0.39, 0.29) is 24.2 Å². The molecule has 0 aliphatic carbocycles. The first kappa shape index (κ1) is 25.1. The Bertz CT molecular complexity index is 1010. The third-order valence-corrected chi connectivity index (χ3v) is 6.60. The van der Waals surface area contributed by atoms with Gasteiger partial charge in [-0.1, -0.05) is 54.4 Å². The highest BCUT2D eigenvalue weighted by Crippen LogP contribution is 2.47. The molecule has 8 heteroatoms. The van der Waals surface area contributed by atoms with E-state index in [4.69, 9.17) is 23.2 Å². The van der Waals surface area contributed by atoms with Crippen molar-refractivity contribution in [3.63, 3.8) is 0 Å². The minimum Gasteiger partial charge on any atom is -0.481 e. The van der Waals surface area contributed by atoms with E-state index in [1.165, 1.54) is 0 Å². The number of carbonyl (C=O) groups is 3. The molecule has 2 amide bonds. The Morgan fingerprint density at radius 2 is 1.79 bits per heavy atom. The van der Waals surface area contributed by atoms with Crippen LogP contribution >= 0.6 is 23.2 Å². The van der Waals surface area contributed by atoms with E-state index >= 15 is 0 Å². The molecule has 4 atom stereocenters. The summed E-state index contributed by atoms with van der Waals surface area (Å²) in [7, 11) is 0. The average molecular weight is 491 g/mol. The number of likely N-dealkylation sites (N-methyl/N-ethyl adjacent to an activating group) is 1. The summed E-state index contributed by atoms with van der Waals surface area (Å²) < 4.78 is 0. The molecule has 0 radical (unpaired) electrons. The highest BCUT2D eigenvalue weighted by Gasteiger charge is 2.47. The summed E-state index contributed by atoms with van der Waals surface area (Å²) in [6.07, 6.45) is 0.427. The van der Waals surface area contributed by atoms with Crippen molar-refractivity contribution >= 4 is 41.0 Å². The van der Waals surface area contributed by atoms with Crippen LogP contribution in [0.1, 0.15) is 56.2 Å². The molecule has 0 aromatic heterocycles. The lowest BCUT2D eigenvalue weighted by atomic mass is 9.74. The first-order valence-corrected chi connectivity index (χ1v) is 11.8. The van der Waals surface area contributed by atoms with Crippen LogP contribution < -0.4 is 5.32 Å². The molecule has 1 saturated heterocycles. The Balaban J connectivity index is 2.20. The zero-order valence-electron chi connectivity index (χ0n) is 18.6. The number of carboxylic acids is 1. The highest BCUT2D eigenvalue weighted by atomic mass is 35.5. The highest BCUT2D eigenvalue weighted by molar-refractivity contribution is 6.30. The molecule has 2 aromatic rings. The van der Waals surface area contributed by atoms with Gasteiger partial charge in [0.15, 0.2) is 0 Å². The maximum Gasteiger partial charge on any atom is 0.304 e. The predicted molar refractivity (Wildman–Crippen MR) is 128 cm³/mol. The van der Waals surface area contributed by atoms with Crippen LogP contribution in [0.4, 0.5) is 0 Å². The van der Waals surface area contributed by atoms with Gasteiger partial charge in [-0.05, 0) is 55.2 Å². The molecule has 2 aromatic carbocycles. The monoisotopic (exact) mass is 490 g/mol. The topological polar surface area (TPSA) is 86.7 Å². The van der Waals surface area contributed by atoms with E-state index < -0.39 is 24.0 Å². The molecule has 3 rings (SSSR count). The molecule has 1 aliphatic heterocycles. The Kier molecular flexibility index (Phi) is 8.38. The van der Waals surface area contributed by atoms with Gasteiger partial charge in [0.25, 0.3) is 0 Å². The number of nitrogens with zero attached hydrogens (tertiary/aromatic N) is 1. The SMILES string of the molecule is CCNC(=O)C(CC)N1C(=O)C(CC(=O)O)CC(c2cccc(Cl)c2)C1c1ccc(Cl)cc1. The fourth-order valence-corrected chi connectivity index (χ4v) is 5.04. The average Bonchev–Trinajstić information content (AvgIpc) is 2.77. The van der Waals surface area contributed by atoms with E-state index in [9.17, 15) is 19.5 Å². The van der Waals surface area contributed by atoms with Crippen molar-refractivity contribution in [3.05, 3.63) is 69.7 Å². The van der Waals surface area contributed by atoms with Crippen LogP contribution in [-0.4, -0.2) is 40.4 Å². The van der Waals surface area contributed by atoms with Crippen molar-refractivity contribution < 1.29 is 19.5 Å². The molecule has 4 unspecified atom stereocenters. The van der Waals surface area contributed by atoms with Crippen LogP contribution in [-0.2, 0) is 14.4 Å². The molecular formula is C25H28Cl2N2O4. The number of hydrogen-bond donors (Lipinski definition) is 2. The lowest BCUT2D eigenvalue weighted by molar-refractivity contribution is -0.155. The fraction of sp³-hybridized carbons (Fsp3) is 0.400. The summed E-state index contributed by atoms with van der Waals surface area (Å²) in [6.45, 7) is 4.10. The number of hydrogen-bond acceptors (Lipinski definition) is 3. The predicted octanol–water partition coefficient (Wildman–Crippen LogP) is 5.06. The van der Waals surface area contributed by atoms with Crippen molar-refractivity contribution in [2.75, 3.05) is 6.54 Å². The minimum absolute atomic E-state index is 0.254. The molecule has 33 heavy (non-hydrogen) atoms. The van der Waals surface area contributed by atoms with Gasteiger partial charge in [-0.3, -0.25) is 14.4 Å². The van der Waals surface area contributed by atoms with Crippen LogP contribution in [0.2, 0.25) is 10.0 Å². The van der Waals surface area contributed by atoms with Crippen LogP contribution in [0.5, 0.6) is 0 Å². The van der Waals surface area contributed by atoms with Crippen LogP contribution in [0.15, 0.2) is 48.5 Å². The molecular weight excluding hydrogens is 463 g/mol. The van der Waals surface area contributed by atoms with Crippen LogP contribution in [0, 0.1) is 5.92 Å². The van der Waals surface area contributed by atoms with Crippen molar-refractivity contribution in [3.8, 4) is 0 Å². The molecule has 1 heterocycles. The number of carbonyl (C=O) groups excluding carboxylic acids is 2. The van der Waals surface area contributed by atoms with E-state index in [0.717, 1.165) is 11.1 Å². The van der Waals surface area contributed by atoms with Gasteiger partial charge < -0.3 is 15.3 Å². The molecule has 1 fully saturated rings. The number of aliphatic carboxylic acids is 1. The number of halogens is 2. The molecule has 0 saturated carbocycles. The lowest BCUT2D eigenvalue weighted by Gasteiger charge is -2.47. The van der Waals surface area contributed by atoms with Gasteiger partial charge in [0, 0.05) is 28.4 Å². The van der Waals surface area contributed by atoms with Crippen LogP contribution in [0.3, 0.4) is 0 Å². The Hall–Kier alpha value is -2.57. The number of benzene rings is 2. The van der Waals surface area contributed by atoms with E-state index in [2.05, 4.69) is 5.32 Å². The van der Waals surface area contributed by atoms with Gasteiger partial charge in [-0.15, -0.1) is 0 Å². The molecule has 6 nitrogen and oxygen atoms in total. The Morgan fingerprint density at radius 1 is 1.09 bits per heavy atom. The number of nitrogens with one attached hydrogen (secondary N) is 1. The molecule has 2 N–H and O–H groups in total. The zero-order chi connectivity index (χ0) is 24.1. The molecule has 176 valence electrons. The molecule has 0 bridgehead atoms. The normalized spacial score (nSPS) is 21.5. The van der Waals surface area contributed by atoms with Crippen molar-refractivity contribution in [2.24, 2.45) is 5.92 Å². The van der Waals surface area contributed by atoms with Gasteiger partial charge in [0.1, 0.15) is 6.04 Å². The number of amides is 2. The molecule has 0 spiro atoms. The summed E-state index contributed by atoms with van der Waals surface area (Å²) in [4.78, 5) is 39.9. The van der Waals surface area contributed by atoms with E-state index in [1.54, 1.807) is 23.1 Å². The van der Waals surface area contributed by atoms with Crippen molar-refractivity contribution in [1.29, 1.82) is 0 Å². The maximum absolute atomic E-state index is 13.7. The van der Waals surface area contributed by atoms with Crippen molar-refractivity contribution in [1.82, 2.24) is 10.2 Å². The number of likely N-dealkylation sites (tertiary alicyclic amines) is 1. The summed E-state index contributed by atoms with van der Waals surface area (Å²) in [5.74, 6) is -2.63. The van der Waals surface area contributed by atoms with E-state index in [1.807, 2.05) is 44.2 Å². The summed E-state index contributed by atoms with van der Waals surface area (Å²) in [6, 6.07) is 13.4. The lowest BCUT2D eigenvalue weighted by Crippen LogP contribution is -2.56. The third-order valence-electron chi connectivity index (χ3n) is 6.11. The second-order valence-electron chi connectivity index (χ2n) is 8.25. The third kappa shape index (κ3) is 5.68. The number of carboxylic acid groups (broad SMARTS) is 1. The van der Waals surface area contributed by atoms with Gasteiger partial charge in [-0.2, -0.15) is 0 Å². The summed E-state index contributed by atoms with van der Waals surface area (Å²) in [5, 5.41) is 13.4. The summed E-state index contributed by atoms with van der Waals surface area (Å²) in [5.41, 5.74) is 1.72. The van der Waals surface area contributed by atoms with Gasteiger partial charge in [-0.25, -0.2) is 0 Å². The Morgan fingerprint density at radius 3 is 2.36 bits per heavy atom. The van der Waals surface area contributed by atoms with E-state index in [0.29, 0.717) is 29.4 Å². The standard InChI is InChI=1S/C25H28Cl2N2O4/c1-3-21(24(32)28-4-2)29-23(15-8-10-18(26)11-9-15)20(16-6-5-7-19(27)12-16)13-17(25(29)33)14-22(30)31/h5-12,17,20-21,23H,3-4,13-14H2,1-2H3,(H,28,32)(H,30,31). The fourth-order valence-electron chi connectivity index (χ4n) is 4.72. The smallest absolute Gasteiger partial charge is 0.304 e. The maximum atomic E-state index is 13.7. The quantitative estimate of drug-likeness (QED) is 0.541. The largest absolute Gasteiger partial charge is 0.481 e. The molecule has 1 aliphatic rings. The first-order chi connectivity index (χ1) is 15.8. The number of piperidine rings is 1. The van der Waals surface area contributed by atoms with Crippen molar-refractivity contribution in [2.45, 2.75) is 51.1 Å². The summed E-state index contributed by atoms with van der Waals surface area (Å²) >= 11 is 12.4. The van der Waals surface area contributed by atoms with Gasteiger partial charge >= 0.3 is 5.97 Å². The first-order valence-electron chi connectivity index (χ1n) is 11.1. The minimum atomic E-state index is -1.05. The Labute approximate surface area is 203 Å². The second-order valence-corrected chi connectivity index (χ2v) is 9.13. The number of rotatable bonds is 8. The van der Waals surface area contributed by atoms with Gasteiger partial charge in [0.05, 0.1) is 12.5 Å². The van der Waals surface area contributed by atoms with Gasteiger partial charge in [0.2, 0.25) is 11.8 Å². The second kappa shape index (κ2) is 11.0. The zero-order valence-corrected chi connectivity index (χ0v) is 20.1.